The van der Waals surface area contributed by atoms with Crippen molar-refractivity contribution >= 4 is 71.1 Å². The molecule has 0 aliphatic rings. The van der Waals surface area contributed by atoms with Crippen molar-refractivity contribution in [2.75, 3.05) is 0 Å². The summed E-state index contributed by atoms with van der Waals surface area (Å²) in [6.07, 6.45) is 5.68. The van der Waals surface area contributed by atoms with E-state index in [0.29, 0.717) is 0 Å². The zero-order chi connectivity index (χ0) is 28.8. The first-order valence-corrected chi connectivity index (χ1v) is 14.6. The van der Waals surface area contributed by atoms with Crippen molar-refractivity contribution in [3.05, 3.63) is 134 Å². The molecule has 5 aromatic heterocycles. The predicted octanol–water partition coefficient (Wildman–Crippen LogP) is 9.82. The number of aromatic nitrogens is 4. The summed E-state index contributed by atoms with van der Waals surface area (Å²) in [5.74, 6) is 2.33. The van der Waals surface area contributed by atoms with Crippen molar-refractivity contribution in [1.29, 1.82) is 0 Å². The molecule has 0 aliphatic carbocycles. The van der Waals surface area contributed by atoms with Gasteiger partial charge in [0.05, 0.1) is 16.6 Å². The van der Waals surface area contributed by atoms with Crippen LogP contribution in [-0.4, -0.2) is 18.9 Å². The van der Waals surface area contributed by atoms with Gasteiger partial charge in [0, 0.05) is 63.0 Å². The Bertz CT molecular complexity index is 2750. The van der Waals surface area contributed by atoms with Gasteiger partial charge >= 0.3 is 0 Å². The Morgan fingerprint density at radius 2 is 1.27 bits per heavy atom. The number of pyridine rings is 2. The molecule has 6 nitrogen and oxygen atoms in total. The molecular weight excluding hydrogens is 544 g/mol. The van der Waals surface area contributed by atoms with Crippen LogP contribution in [-0.2, 0) is 0 Å². The Morgan fingerprint density at radius 3 is 2.18 bits per heavy atom. The van der Waals surface area contributed by atoms with E-state index in [1.807, 2.05) is 61.1 Å². The molecule has 6 heteroatoms. The number of imidazole rings is 1. The Kier molecular flexibility index (Phi) is 4.63. The number of hydrogen-bond donors (Lipinski definition) is 0. The van der Waals surface area contributed by atoms with Crippen LogP contribution in [0.4, 0.5) is 0 Å². The maximum Gasteiger partial charge on any atom is 0.145 e. The third kappa shape index (κ3) is 3.25. The van der Waals surface area contributed by atoms with Crippen molar-refractivity contribution in [1.82, 2.24) is 18.9 Å². The summed E-state index contributed by atoms with van der Waals surface area (Å²) >= 11 is 0. The Balaban J connectivity index is 1.17. The summed E-state index contributed by atoms with van der Waals surface area (Å²) in [6, 6.07) is 39.5. The highest BCUT2D eigenvalue weighted by Gasteiger charge is 2.18. The first-order chi connectivity index (χ1) is 21.8. The standard InChI is InChI=1S/C38H22N4O2/c1-3-9-32-26(7-1)25-14-12-23(19-31(25)38-40-17-18-41(32)38)43-24-13-15-27-29-21-30-28-8-2-4-10-35(28)44-36(30)22-34(29)42(33(27)20-24)37-11-5-6-16-39-37/h1-22H. The molecule has 0 spiro atoms. The summed E-state index contributed by atoms with van der Waals surface area (Å²) in [6.45, 7) is 0. The summed E-state index contributed by atoms with van der Waals surface area (Å²) < 4.78 is 17.1. The fourth-order valence-electron chi connectivity index (χ4n) is 6.76. The number of hydrogen-bond acceptors (Lipinski definition) is 4. The van der Waals surface area contributed by atoms with E-state index in [0.717, 1.165) is 83.0 Å². The van der Waals surface area contributed by atoms with Gasteiger partial charge in [0.2, 0.25) is 0 Å². The minimum Gasteiger partial charge on any atom is -0.457 e. The molecule has 0 saturated heterocycles. The van der Waals surface area contributed by atoms with Gasteiger partial charge in [0.25, 0.3) is 0 Å². The van der Waals surface area contributed by atoms with Gasteiger partial charge in [-0.25, -0.2) is 9.97 Å². The van der Waals surface area contributed by atoms with Crippen molar-refractivity contribution < 1.29 is 9.15 Å². The van der Waals surface area contributed by atoms with Crippen molar-refractivity contribution in [2.45, 2.75) is 0 Å². The molecular formula is C38H22N4O2. The molecule has 10 aromatic rings. The molecule has 10 rings (SSSR count). The van der Waals surface area contributed by atoms with E-state index < -0.39 is 0 Å². The number of fused-ring (bicyclic) bond motifs is 12. The van der Waals surface area contributed by atoms with E-state index >= 15 is 0 Å². The molecule has 5 heterocycles. The van der Waals surface area contributed by atoms with Crippen LogP contribution in [0.25, 0.3) is 76.9 Å². The van der Waals surface area contributed by atoms with Crippen LogP contribution >= 0.6 is 0 Å². The van der Waals surface area contributed by atoms with Gasteiger partial charge in [0.15, 0.2) is 0 Å². The molecule has 44 heavy (non-hydrogen) atoms. The molecule has 0 radical (unpaired) electrons. The fraction of sp³-hybridized carbons (Fsp3) is 0. The zero-order valence-corrected chi connectivity index (χ0v) is 23.3. The number of furan rings is 1. The second-order valence-corrected chi connectivity index (χ2v) is 11.1. The first kappa shape index (κ1) is 23.4. The average Bonchev–Trinajstić information content (AvgIpc) is 3.78. The minimum atomic E-state index is 0.742. The van der Waals surface area contributed by atoms with Gasteiger partial charge in [-0.15, -0.1) is 0 Å². The molecule has 0 bridgehead atoms. The molecule has 0 aliphatic heterocycles. The third-order valence-electron chi connectivity index (χ3n) is 8.68. The van der Waals surface area contributed by atoms with Gasteiger partial charge < -0.3 is 9.15 Å². The van der Waals surface area contributed by atoms with Gasteiger partial charge in [-0.05, 0) is 66.0 Å². The van der Waals surface area contributed by atoms with E-state index in [4.69, 9.17) is 14.1 Å². The molecule has 0 N–H and O–H groups in total. The summed E-state index contributed by atoms with van der Waals surface area (Å²) in [4.78, 5) is 9.41. The second-order valence-electron chi connectivity index (χ2n) is 11.1. The summed E-state index contributed by atoms with van der Waals surface area (Å²) in [5, 5.41) is 7.84. The van der Waals surface area contributed by atoms with E-state index in [1.165, 1.54) is 5.39 Å². The topological polar surface area (TPSA) is 57.5 Å². The SMILES string of the molecule is c1ccc(-n2c3cc(Oc4ccc5c6ccccc6n6ccnc6c5c4)ccc3c3cc4c(cc32)oc2ccccc24)nc1. The maximum absolute atomic E-state index is 6.55. The van der Waals surface area contributed by atoms with E-state index in [-0.39, 0.29) is 0 Å². The van der Waals surface area contributed by atoms with Gasteiger partial charge in [-0.2, -0.15) is 0 Å². The second kappa shape index (κ2) is 8.69. The highest BCUT2D eigenvalue weighted by molar-refractivity contribution is 6.17. The maximum atomic E-state index is 6.55. The number of para-hydroxylation sites is 2. The number of benzene rings is 5. The lowest BCUT2D eigenvalue weighted by molar-refractivity contribution is 0.484. The lowest BCUT2D eigenvalue weighted by Crippen LogP contribution is -1.96. The van der Waals surface area contributed by atoms with Crippen LogP contribution in [0.15, 0.2) is 138 Å². The molecule has 5 aromatic carbocycles. The number of ether oxygens (including phenoxy) is 1. The Morgan fingerprint density at radius 1 is 0.500 bits per heavy atom. The lowest BCUT2D eigenvalue weighted by Gasteiger charge is -2.11. The van der Waals surface area contributed by atoms with Crippen molar-refractivity contribution in [3.63, 3.8) is 0 Å². The summed E-state index contributed by atoms with van der Waals surface area (Å²) in [7, 11) is 0. The van der Waals surface area contributed by atoms with Gasteiger partial charge in [-0.3, -0.25) is 8.97 Å². The minimum absolute atomic E-state index is 0.742. The largest absolute Gasteiger partial charge is 0.457 e. The van der Waals surface area contributed by atoms with Crippen LogP contribution in [0.3, 0.4) is 0 Å². The quantitative estimate of drug-likeness (QED) is 0.200. The van der Waals surface area contributed by atoms with Crippen LogP contribution in [0.5, 0.6) is 11.5 Å². The molecule has 0 fully saturated rings. The van der Waals surface area contributed by atoms with Crippen LogP contribution in [0.1, 0.15) is 0 Å². The molecule has 0 unspecified atom stereocenters. The van der Waals surface area contributed by atoms with Crippen LogP contribution in [0.2, 0.25) is 0 Å². The monoisotopic (exact) mass is 566 g/mol. The molecule has 206 valence electrons. The van der Waals surface area contributed by atoms with E-state index in [9.17, 15) is 0 Å². The highest BCUT2D eigenvalue weighted by atomic mass is 16.5. The van der Waals surface area contributed by atoms with Gasteiger partial charge in [0.1, 0.15) is 34.1 Å². The summed E-state index contributed by atoms with van der Waals surface area (Å²) in [5.41, 5.74) is 5.82. The molecule has 0 amide bonds. The van der Waals surface area contributed by atoms with Crippen molar-refractivity contribution in [2.24, 2.45) is 0 Å². The van der Waals surface area contributed by atoms with Crippen LogP contribution in [0, 0.1) is 0 Å². The smallest absolute Gasteiger partial charge is 0.145 e. The third-order valence-corrected chi connectivity index (χ3v) is 8.68. The van der Waals surface area contributed by atoms with Gasteiger partial charge in [-0.1, -0.05) is 42.5 Å². The Hall–Kier alpha value is -6.14. The Labute approximate surface area is 250 Å². The highest BCUT2D eigenvalue weighted by Crippen LogP contribution is 2.40. The predicted molar refractivity (Wildman–Crippen MR) is 176 cm³/mol. The molecule has 0 saturated carbocycles. The first-order valence-electron chi connectivity index (χ1n) is 14.6. The molecule has 0 atom stereocenters. The van der Waals surface area contributed by atoms with E-state index in [2.05, 4.69) is 86.7 Å². The lowest BCUT2D eigenvalue weighted by atomic mass is 10.1. The van der Waals surface area contributed by atoms with Crippen molar-refractivity contribution in [3.8, 4) is 17.3 Å². The average molecular weight is 567 g/mol. The zero-order valence-electron chi connectivity index (χ0n) is 23.3. The fourth-order valence-corrected chi connectivity index (χ4v) is 6.76. The number of nitrogens with zero attached hydrogens (tertiary/aromatic N) is 4. The normalized spacial score (nSPS) is 12.1. The number of rotatable bonds is 3. The van der Waals surface area contributed by atoms with E-state index in [1.54, 1.807) is 0 Å². The van der Waals surface area contributed by atoms with Crippen LogP contribution < -0.4 is 4.74 Å².